The molecule has 10 heteroatoms. The van der Waals surface area contributed by atoms with E-state index in [0.717, 1.165) is 16.5 Å². The van der Waals surface area contributed by atoms with Crippen molar-refractivity contribution in [1.29, 1.82) is 0 Å². The number of carbonyl (C=O) groups is 1. The van der Waals surface area contributed by atoms with Crippen LogP contribution in [0.3, 0.4) is 0 Å². The molecule has 1 amide bonds. The average Bonchev–Trinajstić information content (AvgIpc) is 3.28. The zero-order valence-electron chi connectivity index (χ0n) is 17.9. The number of halogens is 3. The molecule has 3 aromatic carbocycles. The fraction of sp³-hybridized carbons (Fsp3) is 0.208. The maximum absolute atomic E-state index is 13.7. The van der Waals surface area contributed by atoms with Gasteiger partial charge in [0.2, 0.25) is 0 Å². The van der Waals surface area contributed by atoms with Crippen LogP contribution in [0.2, 0.25) is 0 Å². The lowest BCUT2D eigenvalue weighted by atomic mass is 10.1. The third-order valence-electron chi connectivity index (χ3n) is 6.11. The molecule has 1 aromatic heterocycles. The first-order valence-corrected chi connectivity index (χ1v) is 13.2. The molecule has 0 saturated carbocycles. The quantitative estimate of drug-likeness (QED) is 0.344. The minimum absolute atomic E-state index is 0.257. The highest BCUT2D eigenvalue weighted by Crippen LogP contribution is 2.33. The van der Waals surface area contributed by atoms with E-state index < -0.39 is 19.7 Å². The molecular formula is C24H20Cl3N3O3S. The summed E-state index contributed by atoms with van der Waals surface area (Å²) >= 11 is 17.2. The normalized spacial score (nSPS) is 15.3. The molecule has 1 saturated heterocycles. The van der Waals surface area contributed by atoms with Crippen LogP contribution < -0.4 is 4.90 Å². The molecule has 0 spiro atoms. The molecule has 0 bridgehead atoms. The van der Waals surface area contributed by atoms with Crippen molar-refractivity contribution in [3.63, 3.8) is 0 Å². The Morgan fingerprint density at radius 3 is 2.21 bits per heavy atom. The molecule has 176 valence electrons. The van der Waals surface area contributed by atoms with E-state index in [2.05, 4.69) is 4.90 Å². The standard InChI is InChI=1S/C24H20Cl3N3O3S/c25-24(26,27)23(31)29-15-13-28(14-16-29)20-8-4-9-21-19(20)11-12-30(21)34(32,33)22-10-3-6-17-5-1-2-7-18(17)22/h1-12H,13-16H2. The predicted molar refractivity (Wildman–Crippen MR) is 138 cm³/mol. The Morgan fingerprint density at radius 2 is 1.47 bits per heavy atom. The molecule has 5 rings (SSSR count). The number of rotatable bonds is 3. The summed E-state index contributed by atoms with van der Waals surface area (Å²) in [7, 11) is -3.83. The van der Waals surface area contributed by atoms with Crippen molar-refractivity contribution in [2.75, 3.05) is 31.1 Å². The monoisotopic (exact) mass is 535 g/mol. The van der Waals surface area contributed by atoms with Gasteiger partial charge in [0.25, 0.3) is 19.7 Å². The number of anilines is 1. The number of piperazine rings is 1. The third kappa shape index (κ3) is 4.01. The van der Waals surface area contributed by atoms with Gasteiger partial charge in [-0.15, -0.1) is 0 Å². The van der Waals surface area contributed by atoms with E-state index in [-0.39, 0.29) is 4.90 Å². The molecule has 6 nitrogen and oxygen atoms in total. The van der Waals surface area contributed by atoms with Gasteiger partial charge in [-0.3, -0.25) is 4.79 Å². The van der Waals surface area contributed by atoms with E-state index in [1.165, 1.54) is 8.87 Å². The highest BCUT2D eigenvalue weighted by Gasteiger charge is 2.36. The minimum Gasteiger partial charge on any atom is -0.367 e. The SMILES string of the molecule is O=C(N1CCN(c2cccc3c2ccn3S(=O)(=O)c2cccc3ccccc23)CC1)C(Cl)(Cl)Cl. The summed E-state index contributed by atoms with van der Waals surface area (Å²) in [5.74, 6) is -0.539. The Kier molecular flexibility index (Phi) is 5.92. The summed E-state index contributed by atoms with van der Waals surface area (Å²) in [5, 5.41) is 2.35. The van der Waals surface area contributed by atoms with Crippen LogP contribution in [0.25, 0.3) is 21.7 Å². The summed E-state index contributed by atoms with van der Waals surface area (Å²) in [5.41, 5.74) is 1.48. The van der Waals surface area contributed by atoms with Gasteiger partial charge < -0.3 is 9.80 Å². The second-order valence-electron chi connectivity index (χ2n) is 8.08. The number of hydrogen-bond acceptors (Lipinski definition) is 4. The van der Waals surface area contributed by atoms with E-state index >= 15 is 0 Å². The Morgan fingerprint density at radius 1 is 0.794 bits per heavy atom. The molecule has 1 aliphatic heterocycles. The van der Waals surface area contributed by atoms with E-state index in [1.807, 2.05) is 48.5 Å². The zero-order valence-corrected chi connectivity index (χ0v) is 20.9. The fourth-order valence-corrected chi connectivity index (χ4v) is 6.39. The van der Waals surface area contributed by atoms with Crippen LogP contribution in [0, 0.1) is 0 Å². The zero-order chi connectivity index (χ0) is 24.1. The second kappa shape index (κ2) is 8.64. The third-order valence-corrected chi connectivity index (χ3v) is 8.34. The first-order chi connectivity index (χ1) is 16.2. The first kappa shape index (κ1) is 23.3. The van der Waals surface area contributed by atoms with E-state index in [9.17, 15) is 13.2 Å². The number of nitrogens with zero attached hydrogens (tertiary/aromatic N) is 3. The van der Waals surface area contributed by atoms with Crippen LogP contribution in [0.15, 0.2) is 77.8 Å². The highest BCUT2D eigenvalue weighted by molar-refractivity contribution is 7.90. The molecule has 34 heavy (non-hydrogen) atoms. The lowest BCUT2D eigenvalue weighted by molar-refractivity contribution is -0.130. The molecule has 0 atom stereocenters. The van der Waals surface area contributed by atoms with E-state index in [4.69, 9.17) is 34.8 Å². The molecule has 0 aliphatic carbocycles. The van der Waals surface area contributed by atoms with Crippen LogP contribution in [-0.4, -0.2) is 53.2 Å². The van der Waals surface area contributed by atoms with Crippen LogP contribution in [-0.2, 0) is 14.8 Å². The Hall–Kier alpha value is -2.45. The number of hydrogen-bond donors (Lipinski definition) is 0. The summed E-state index contributed by atoms with van der Waals surface area (Å²) in [6, 6.07) is 20.1. The Labute approximate surface area is 212 Å². The van der Waals surface area contributed by atoms with Gasteiger partial charge in [0.05, 0.1) is 10.4 Å². The van der Waals surface area contributed by atoms with Crippen molar-refractivity contribution in [2.45, 2.75) is 8.69 Å². The van der Waals surface area contributed by atoms with Crippen molar-refractivity contribution < 1.29 is 13.2 Å². The van der Waals surface area contributed by atoms with Crippen molar-refractivity contribution in [2.24, 2.45) is 0 Å². The largest absolute Gasteiger partial charge is 0.367 e. The van der Waals surface area contributed by atoms with Crippen molar-refractivity contribution in [3.05, 3.63) is 72.9 Å². The van der Waals surface area contributed by atoms with Crippen molar-refractivity contribution in [3.8, 4) is 0 Å². The molecular weight excluding hydrogens is 517 g/mol. The van der Waals surface area contributed by atoms with Gasteiger partial charge in [0, 0.05) is 48.8 Å². The number of carbonyl (C=O) groups excluding carboxylic acids is 1. The van der Waals surface area contributed by atoms with Gasteiger partial charge in [-0.2, -0.15) is 0 Å². The minimum atomic E-state index is -3.83. The Balaban J connectivity index is 1.50. The van der Waals surface area contributed by atoms with Gasteiger partial charge in [-0.25, -0.2) is 12.4 Å². The van der Waals surface area contributed by atoms with Crippen molar-refractivity contribution >= 4 is 78.1 Å². The smallest absolute Gasteiger partial charge is 0.274 e. The lowest BCUT2D eigenvalue weighted by Gasteiger charge is -2.37. The van der Waals surface area contributed by atoms with Crippen LogP contribution >= 0.6 is 34.8 Å². The number of fused-ring (bicyclic) bond motifs is 2. The summed E-state index contributed by atoms with van der Waals surface area (Å²) in [6.45, 7) is 1.87. The fourth-order valence-electron chi connectivity index (χ4n) is 4.47. The van der Waals surface area contributed by atoms with Crippen molar-refractivity contribution in [1.82, 2.24) is 8.87 Å². The maximum atomic E-state index is 13.7. The molecule has 0 radical (unpaired) electrons. The topological polar surface area (TPSA) is 62.6 Å². The molecule has 0 unspecified atom stereocenters. The summed E-state index contributed by atoms with van der Waals surface area (Å²) < 4.78 is 26.7. The first-order valence-electron chi connectivity index (χ1n) is 10.6. The molecule has 2 heterocycles. The molecule has 4 aromatic rings. The van der Waals surface area contributed by atoms with Crippen LogP contribution in [0.4, 0.5) is 5.69 Å². The summed E-state index contributed by atoms with van der Waals surface area (Å²) in [6.07, 6.45) is 1.59. The van der Waals surface area contributed by atoms with Gasteiger partial charge in [0.15, 0.2) is 0 Å². The maximum Gasteiger partial charge on any atom is 0.274 e. The summed E-state index contributed by atoms with van der Waals surface area (Å²) in [4.78, 5) is 16.2. The molecule has 1 aliphatic rings. The number of benzene rings is 3. The second-order valence-corrected chi connectivity index (χ2v) is 12.1. The predicted octanol–water partition coefficient (Wildman–Crippen LogP) is 5.05. The number of aromatic nitrogens is 1. The number of amides is 1. The average molecular weight is 537 g/mol. The molecule has 0 N–H and O–H groups in total. The van der Waals surface area contributed by atoms with Gasteiger partial charge in [0.1, 0.15) is 0 Å². The van der Waals surface area contributed by atoms with E-state index in [0.29, 0.717) is 37.1 Å². The highest BCUT2D eigenvalue weighted by atomic mass is 35.6. The number of alkyl halides is 3. The lowest BCUT2D eigenvalue weighted by Crippen LogP contribution is -2.51. The van der Waals surface area contributed by atoms with E-state index in [1.54, 1.807) is 24.4 Å². The van der Waals surface area contributed by atoms with Gasteiger partial charge >= 0.3 is 0 Å². The van der Waals surface area contributed by atoms with Crippen LogP contribution in [0.1, 0.15) is 0 Å². The molecule has 1 fully saturated rings. The van der Waals surface area contributed by atoms with Gasteiger partial charge in [-0.05, 0) is 29.7 Å². The van der Waals surface area contributed by atoms with Crippen LogP contribution in [0.5, 0.6) is 0 Å². The Bertz CT molecular complexity index is 1500. The van der Waals surface area contributed by atoms with Gasteiger partial charge in [-0.1, -0.05) is 77.3 Å².